The molecule has 0 bridgehead atoms. The van der Waals surface area contributed by atoms with Crippen molar-refractivity contribution in [2.75, 3.05) is 13.1 Å². The number of carbonyl (C=O) groups excluding carboxylic acids is 1. The van der Waals surface area contributed by atoms with E-state index in [9.17, 15) is 14.4 Å². The predicted molar refractivity (Wildman–Crippen MR) is 96.8 cm³/mol. The van der Waals surface area contributed by atoms with Gasteiger partial charge in [0.25, 0.3) is 5.56 Å². The van der Waals surface area contributed by atoms with Gasteiger partial charge in [-0.1, -0.05) is 6.07 Å². The molecular formula is C17H22N4O3S. The molecule has 7 nitrogen and oxygen atoms in total. The van der Waals surface area contributed by atoms with Gasteiger partial charge in [-0.3, -0.25) is 24.0 Å². The number of rotatable bonds is 5. The van der Waals surface area contributed by atoms with Gasteiger partial charge in [-0.15, -0.1) is 11.3 Å². The Hall–Kier alpha value is -2.19. The van der Waals surface area contributed by atoms with Crippen LogP contribution in [0.3, 0.4) is 0 Å². The Morgan fingerprint density at radius 1 is 1.36 bits per heavy atom. The van der Waals surface area contributed by atoms with Gasteiger partial charge in [-0.2, -0.15) is 0 Å². The number of hydrogen-bond acceptors (Lipinski definition) is 5. The quantitative estimate of drug-likeness (QED) is 0.819. The van der Waals surface area contributed by atoms with E-state index in [1.807, 2.05) is 0 Å². The number of nitrogens with one attached hydrogen (secondary N) is 2. The summed E-state index contributed by atoms with van der Waals surface area (Å²) in [6, 6.07) is 4.34. The molecule has 1 saturated heterocycles. The number of amides is 1. The lowest BCUT2D eigenvalue weighted by atomic mass is 10.0. The number of likely N-dealkylation sites (tertiary alicyclic amines) is 1. The van der Waals surface area contributed by atoms with Crippen LogP contribution in [-0.4, -0.2) is 39.5 Å². The monoisotopic (exact) mass is 362 g/mol. The Bertz CT molecular complexity index is 832. The highest BCUT2D eigenvalue weighted by molar-refractivity contribution is 7.09. The lowest BCUT2D eigenvalue weighted by Crippen LogP contribution is -2.46. The van der Waals surface area contributed by atoms with Crippen molar-refractivity contribution < 1.29 is 4.79 Å². The van der Waals surface area contributed by atoms with Gasteiger partial charge >= 0.3 is 5.69 Å². The number of nitrogens with zero attached hydrogens (tertiary/aromatic N) is 2. The summed E-state index contributed by atoms with van der Waals surface area (Å²) in [4.78, 5) is 41.3. The minimum absolute atomic E-state index is 0.0775. The first-order chi connectivity index (χ1) is 12.0. The molecule has 0 aromatic carbocycles. The molecule has 2 aromatic heterocycles. The first-order valence-electron chi connectivity index (χ1n) is 8.36. The van der Waals surface area contributed by atoms with Crippen LogP contribution in [0.15, 0.2) is 33.3 Å². The van der Waals surface area contributed by atoms with E-state index in [0.29, 0.717) is 5.56 Å². The van der Waals surface area contributed by atoms with Crippen molar-refractivity contribution in [1.82, 2.24) is 19.8 Å². The summed E-state index contributed by atoms with van der Waals surface area (Å²) < 4.78 is 1.23. The van der Waals surface area contributed by atoms with E-state index in [2.05, 4.69) is 32.7 Å². The molecule has 8 heteroatoms. The average Bonchev–Trinajstić information content (AvgIpc) is 3.07. The third kappa shape index (κ3) is 4.67. The summed E-state index contributed by atoms with van der Waals surface area (Å²) in [6.45, 7) is 4.38. The number of piperidine rings is 1. The Kier molecular flexibility index (Phi) is 5.50. The zero-order valence-corrected chi connectivity index (χ0v) is 15.0. The van der Waals surface area contributed by atoms with Gasteiger partial charge in [0.05, 0.1) is 0 Å². The smallest absolute Gasteiger partial charge is 0.328 e. The van der Waals surface area contributed by atoms with Crippen molar-refractivity contribution in [3.63, 3.8) is 0 Å². The van der Waals surface area contributed by atoms with Crippen LogP contribution in [-0.2, 0) is 17.9 Å². The lowest BCUT2D eigenvalue weighted by Gasteiger charge is -2.32. The highest BCUT2D eigenvalue weighted by Crippen LogP contribution is 2.16. The Labute approximate surface area is 149 Å². The van der Waals surface area contributed by atoms with Crippen molar-refractivity contribution in [3.05, 3.63) is 55.0 Å². The fourth-order valence-corrected chi connectivity index (χ4v) is 3.77. The number of hydrogen-bond donors (Lipinski definition) is 2. The molecule has 0 saturated carbocycles. The second-order valence-electron chi connectivity index (χ2n) is 6.40. The van der Waals surface area contributed by atoms with Gasteiger partial charge in [0.15, 0.2) is 0 Å². The fourth-order valence-electron chi connectivity index (χ4n) is 3.02. The number of carbonyl (C=O) groups is 1. The Morgan fingerprint density at radius 3 is 2.80 bits per heavy atom. The van der Waals surface area contributed by atoms with Crippen molar-refractivity contribution in [2.45, 2.75) is 38.9 Å². The van der Waals surface area contributed by atoms with Gasteiger partial charge in [-0.05, 0) is 31.2 Å². The van der Waals surface area contributed by atoms with Crippen molar-refractivity contribution >= 4 is 17.2 Å². The van der Waals surface area contributed by atoms with E-state index in [1.54, 1.807) is 18.3 Å². The molecule has 1 aliphatic heterocycles. The molecule has 2 N–H and O–H groups in total. The van der Waals surface area contributed by atoms with E-state index in [-0.39, 0.29) is 18.5 Å². The third-order valence-corrected chi connectivity index (χ3v) is 5.28. The van der Waals surface area contributed by atoms with Crippen LogP contribution >= 0.6 is 11.3 Å². The summed E-state index contributed by atoms with van der Waals surface area (Å²) in [5.41, 5.74) is -0.564. The maximum absolute atomic E-state index is 12.2. The number of aryl methyl sites for hydroxylation is 1. The standard InChI is InChI=1S/C17H22N4O3S/c1-12-9-21(17(24)19-16(12)23)11-15(22)18-13-4-6-20(7-5-13)10-14-3-2-8-25-14/h2-3,8-9,13H,4-7,10-11H2,1H3,(H,18,22)(H,19,23,24). The summed E-state index contributed by atoms with van der Waals surface area (Å²) in [5.74, 6) is -0.203. The molecule has 0 atom stereocenters. The molecule has 3 rings (SSSR count). The zero-order valence-electron chi connectivity index (χ0n) is 14.2. The van der Waals surface area contributed by atoms with Crippen LogP contribution < -0.4 is 16.6 Å². The molecule has 0 spiro atoms. The zero-order chi connectivity index (χ0) is 17.8. The van der Waals surface area contributed by atoms with E-state index in [0.717, 1.165) is 32.5 Å². The second kappa shape index (κ2) is 7.79. The highest BCUT2D eigenvalue weighted by atomic mass is 32.1. The normalized spacial score (nSPS) is 16.0. The molecule has 1 amide bonds. The van der Waals surface area contributed by atoms with Crippen LogP contribution in [0.5, 0.6) is 0 Å². The Morgan fingerprint density at radius 2 is 2.12 bits per heavy atom. The molecule has 0 radical (unpaired) electrons. The topological polar surface area (TPSA) is 87.2 Å². The van der Waals surface area contributed by atoms with E-state index in [1.165, 1.54) is 15.6 Å². The summed E-state index contributed by atoms with van der Waals surface area (Å²) >= 11 is 1.76. The molecule has 3 heterocycles. The molecule has 1 aliphatic rings. The first kappa shape index (κ1) is 17.6. The van der Waals surface area contributed by atoms with Crippen LogP contribution in [0.2, 0.25) is 0 Å². The molecule has 2 aromatic rings. The van der Waals surface area contributed by atoms with E-state index in [4.69, 9.17) is 0 Å². The third-order valence-electron chi connectivity index (χ3n) is 4.42. The van der Waals surface area contributed by atoms with E-state index < -0.39 is 11.2 Å². The maximum atomic E-state index is 12.2. The van der Waals surface area contributed by atoms with Crippen LogP contribution in [0.1, 0.15) is 23.3 Å². The first-order valence-corrected chi connectivity index (χ1v) is 9.23. The summed E-state index contributed by atoms with van der Waals surface area (Å²) in [5, 5.41) is 5.08. The molecule has 25 heavy (non-hydrogen) atoms. The van der Waals surface area contributed by atoms with Crippen LogP contribution in [0.4, 0.5) is 0 Å². The second-order valence-corrected chi connectivity index (χ2v) is 7.43. The predicted octanol–water partition coefficient (Wildman–Crippen LogP) is 0.687. The maximum Gasteiger partial charge on any atom is 0.328 e. The molecule has 134 valence electrons. The number of thiophene rings is 1. The molecule has 0 unspecified atom stereocenters. The minimum Gasteiger partial charge on any atom is -0.352 e. The summed E-state index contributed by atoms with van der Waals surface area (Å²) in [7, 11) is 0. The SMILES string of the molecule is Cc1cn(CC(=O)NC2CCN(Cc3cccs3)CC2)c(=O)[nH]c1=O. The van der Waals surface area contributed by atoms with Crippen molar-refractivity contribution in [3.8, 4) is 0 Å². The van der Waals surface area contributed by atoms with Crippen LogP contribution in [0.25, 0.3) is 0 Å². The van der Waals surface area contributed by atoms with Crippen LogP contribution in [0, 0.1) is 6.92 Å². The Balaban J connectivity index is 1.49. The largest absolute Gasteiger partial charge is 0.352 e. The van der Waals surface area contributed by atoms with E-state index >= 15 is 0 Å². The van der Waals surface area contributed by atoms with Gasteiger partial charge < -0.3 is 5.32 Å². The molecular weight excluding hydrogens is 340 g/mol. The lowest BCUT2D eigenvalue weighted by molar-refractivity contribution is -0.122. The fraction of sp³-hybridized carbons (Fsp3) is 0.471. The van der Waals surface area contributed by atoms with Gasteiger partial charge in [-0.25, -0.2) is 4.79 Å². The molecule has 0 aliphatic carbocycles. The van der Waals surface area contributed by atoms with Gasteiger partial charge in [0.2, 0.25) is 5.91 Å². The highest BCUT2D eigenvalue weighted by Gasteiger charge is 2.21. The van der Waals surface area contributed by atoms with Gasteiger partial charge in [0, 0.05) is 42.3 Å². The minimum atomic E-state index is -0.559. The number of H-pyrrole nitrogens is 1. The number of aromatic amines is 1. The summed E-state index contributed by atoms with van der Waals surface area (Å²) in [6.07, 6.45) is 3.22. The van der Waals surface area contributed by atoms with Gasteiger partial charge in [0.1, 0.15) is 6.54 Å². The number of aromatic nitrogens is 2. The van der Waals surface area contributed by atoms with Crippen molar-refractivity contribution in [1.29, 1.82) is 0 Å². The van der Waals surface area contributed by atoms with Crippen molar-refractivity contribution in [2.24, 2.45) is 0 Å². The molecule has 1 fully saturated rings. The average molecular weight is 362 g/mol.